The molecule has 0 radical (unpaired) electrons. The molecule has 4 heterocycles. The molecule has 9 atom stereocenters. The van der Waals surface area contributed by atoms with Crippen molar-refractivity contribution >= 4 is 39.8 Å². The van der Waals surface area contributed by atoms with Crippen LogP contribution in [-0.2, 0) is 30.3 Å². The van der Waals surface area contributed by atoms with Crippen molar-refractivity contribution in [2.75, 3.05) is 43.5 Å². The lowest BCUT2D eigenvalue weighted by atomic mass is 9.78. The number of allylic oxidation sites excluding steroid dienone is 2. The van der Waals surface area contributed by atoms with Crippen LogP contribution in [0.3, 0.4) is 0 Å². The van der Waals surface area contributed by atoms with Crippen LogP contribution >= 0.6 is 0 Å². The van der Waals surface area contributed by atoms with E-state index in [2.05, 4.69) is 48.3 Å². The maximum Gasteiger partial charge on any atom is 0.312 e. The highest BCUT2D eigenvalue weighted by atomic mass is 16.7. The molecule has 1 saturated heterocycles. The number of hydrogen-bond acceptors (Lipinski definition) is 14. The third kappa shape index (κ3) is 9.76. The van der Waals surface area contributed by atoms with Crippen molar-refractivity contribution in [2.45, 2.75) is 112 Å². The number of methoxy groups -OCH3 is 1. The first-order valence-electron chi connectivity index (χ1n) is 22.8. The molecule has 66 heavy (non-hydrogen) atoms. The summed E-state index contributed by atoms with van der Waals surface area (Å²) in [5, 5.41) is 61.9. The molecule has 5 bridgehead atoms. The molecular formula is C51H67N3O12. The summed E-state index contributed by atoms with van der Waals surface area (Å²) in [6.07, 6.45) is 3.71. The van der Waals surface area contributed by atoms with Crippen LogP contribution in [0.25, 0.3) is 10.8 Å². The molecule has 0 aliphatic carbocycles. The number of ketones is 1. The summed E-state index contributed by atoms with van der Waals surface area (Å²) < 4.78 is 23.9. The Morgan fingerprint density at radius 1 is 0.894 bits per heavy atom. The van der Waals surface area contributed by atoms with Gasteiger partial charge >= 0.3 is 11.8 Å². The fourth-order valence-electron chi connectivity index (χ4n) is 9.41. The Bertz CT molecular complexity index is 2400. The Labute approximate surface area is 387 Å². The number of benzene rings is 3. The molecule has 15 nitrogen and oxygen atoms in total. The van der Waals surface area contributed by atoms with Gasteiger partial charge in [0.05, 0.1) is 35.5 Å². The molecular weight excluding hydrogens is 847 g/mol. The number of carbonyl (C=O) groups is 3. The largest absolute Gasteiger partial charge is 0.507 e. The molecule has 0 spiro atoms. The molecule has 7 rings (SSSR count). The van der Waals surface area contributed by atoms with Crippen LogP contribution in [0.1, 0.15) is 95.3 Å². The van der Waals surface area contributed by atoms with E-state index in [9.17, 15) is 39.9 Å². The van der Waals surface area contributed by atoms with Gasteiger partial charge < -0.3 is 54.7 Å². The number of carbonyl (C=O) groups excluding carboxylic acids is 3. The summed E-state index contributed by atoms with van der Waals surface area (Å²) in [6, 6.07) is 8.51. The summed E-state index contributed by atoms with van der Waals surface area (Å²) in [7, 11) is 1.45. The zero-order valence-corrected chi connectivity index (χ0v) is 39.9. The van der Waals surface area contributed by atoms with Gasteiger partial charge in [-0.15, -0.1) is 0 Å². The van der Waals surface area contributed by atoms with Gasteiger partial charge in [-0.3, -0.25) is 19.3 Å². The number of aromatic hydroxyl groups is 3. The molecule has 0 unspecified atom stereocenters. The predicted molar refractivity (Wildman–Crippen MR) is 252 cm³/mol. The zero-order chi connectivity index (χ0) is 48.5. The van der Waals surface area contributed by atoms with Crippen molar-refractivity contribution in [3.63, 3.8) is 0 Å². The van der Waals surface area contributed by atoms with Gasteiger partial charge in [-0.1, -0.05) is 84.0 Å². The van der Waals surface area contributed by atoms with Crippen LogP contribution in [-0.4, -0.2) is 112 Å². The second-order valence-electron chi connectivity index (χ2n) is 18.7. The number of amides is 1. The van der Waals surface area contributed by atoms with Crippen LogP contribution < -0.4 is 15.0 Å². The van der Waals surface area contributed by atoms with E-state index in [-0.39, 0.29) is 44.6 Å². The first-order chi connectivity index (χ1) is 31.1. The van der Waals surface area contributed by atoms with Gasteiger partial charge in [0.25, 0.3) is 11.7 Å². The zero-order valence-electron chi connectivity index (χ0n) is 39.9. The number of rotatable bonds is 6. The molecule has 6 N–H and O–H groups in total. The molecule has 3 aromatic carbocycles. The number of anilines is 2. The highest BCUT2D eigenvalue weighted by molar-refractivity contribution is 6.23. The minimum Gasteiger partial charge on any atom is -0.507 e. The van der Waals surface area contributed by atoms with E-state index in [4.69, 9.17) is 18.9 Å². The quantitative estimate of drug-likeness (QED) is 0.0822. The first-order valence-corrected chi connectivity index (χ1v) is 22.8. The number of nitrogens with zero attached hydrogens (tertiary/aromatic N) is 2. The number of Topliss-reactive ketones (excluding diaryl/α,β-unsaturated/α-hetero) is 1. The summed E-state index contributed by atoms with van der Waals surface area (Å²) >= 11 is 0. The number of nitrogens with one attached hydrogen (secondary N) is 1. The number of piperazine rings is 1. The van der Waals surface area contributed by atoms with Crippen LogP contribution in [0, 0.1) is 30.6 Å². The average Bonchev–Trinajstić information content (AvgIpc) is 3.55. The highest BCUT2D eigenvalue weighted by Gasteiger charge is 2.50. The number of esters is 1. The van der Waals surface area contributed by atoms with Crippen molar-refractivity contribution < 1.29 is 58.9 Å². The molecule has 358 valence electrons. The minimum atomic E-state index is -2.04. The molecule has 4 aliphatic rings. The van der Waals surface area contributed by atoms with Crippen LogP contribution in [0.4, 0.5) is 11.4 Å². The number of hydrogen-bond donors (Lipinski definition) is 6. The lowest BCUT2D eigenvalue weighted by molar-refractivity contribution is -0.160. The molecule has 1 fully saturated rings. The Morgan fingerprint density at radius 3 is 2.15 bits per heavy atom. The molecule has 0 saturated carbocycles. The summed E-state index contributed by atoms with van der Waals surface area (Å²) in [5.74, 6) is -7.62. The smallest absolute Gasteiger partial charge is 0.312 e. The Kier molecular flexibility index (Phi) is 15.2. The number of aliphatic hydroxyl groups is 2. The van der Waals surface area contributed by atoms with Gasteiger partial charge in [0, 0.05) is 93.9 Å². The second-order valence-corrected chi connectivity index (χ2v) is 18.7. The highest BCUT2D eigenvalue weighted by Crippen LogP contribution is 2.57. The third-order valence-electron chi connectivity index (χ3n) is 13.7. The summed E-state index contributed by atoms with van der Waals surface area (Å²) in [4.78, 5) is 45.2. The van der Waals surface area contributed by atoms with E-state index in [1.54, 1.807) is 46.8 Å². The normalized spacial score (nSPS) is 29.8. The van der Waals surface area contributed by atoms with E-state index in [0.29, 0.717) is 38.6 Å². The van der Waals surface area contributed by atoms with E-state index in [1.165, 1.54) is 51.9 Å². The summed E-state index contributed by atoms with van der Waals surface area (Å²) in [6.45, 7) is 19.5. The number of phenols is 3. The lowest BCUT2D eigenvalue weighted by Crippen LogP contribution is -2.46. The standard InChI is InChI=1S/C51H67N3O12/c1-26(2)35-17-15-34(16-18-35)25-53-20-22-54(23-21-53)41-40-45(59)38-37(46(41)60)39-48(32(8)44(38)58)66-51(10,49(39)61)64-24-19-36(63-11)29(5)47(65-33(9)55)31(7)43(57)30(6)42(56)27(3)13-12-14-28(4)50(62)52-40/h12-19,24,26-27,29-31,36,42-43,47,56-60H,20-23,25H2,1-11H3,(H,52,62)/b13-12+,24-19+,28-14-/t27-,29+,30+,31+,36-,42-,43+,47+,51-/m0/s1. The lowest BCUT2D eigenvalue weighted by Gasteiger charge is -2.38. The van der Waals surface area contributed by atoms with Gasteiger partial charge in [0.2, 0.25) is 0 Å². The maximum atomic E-state index is 14.7. The maximum absolute atomic E-state index is 14.7. The Balaban J connectivity index is 1.47. The van der Waals surface area contributed by atoms with Gasteiger partial charge in [0.15, 0.2) is 5.75 Å². The predicted octanol–water partition coefficient (Wildman–Crippen LogP) is 7.20. The van der Waals surface area contributed by atoms with Gasteiger partial charge in [-0.2, -0.15) is 0 Å². The van der Waals surface area contributed by atoms with E-state index >= 15 is 0 Å². The number of fused-ring (bicyclic) bond motifs is 14. The van der Waals surface area contributed by atoms with Crippen LogP contribution in [0.2, 0.25) is 0 Å². The van der Waals surface area contributed by atoms with Crippen molar-refractivity contribution in [1.82, 2.24) is 4.90 Å². The van der Waals surface area contributed by atoms with E-state index in [1.807, 2.05) is 4.90 Å². The van der Waals surface area contributed by atoms with Crippen LogP contribution in [0.5, 0.6) is 23.0 Å². The van der Waals surface area contributed by atoms with E-state index < -0.39 is 88.8 Å². The SMILES string of the molecule is CO[C@H]1/C=C/O[C@@]2(C)Oc3c(C)c(O)c4c(O)c(c(N5CCN(Cc6ccc(C(C)C)cc6)CC5)c(O)c4c3C2=O)NC(=O)/C(C)=C\C=C\[C@H](C)[C@H](O)[C@@H](C)[C@@H](O)[C@@H](C)[C@H](OC(C)=O)[C@@H]1C. The van der Waals surface area contributed by atoms with Gasteiger partial charge in [-0.25, -0.2) is 0 Å². The molecule has 3 aromatic rings. The number of ether oxygens (including phenoxy) is 4. The monoisotopic (exact) mass is 913 g/mol. The van der Waals surface area contributed by atoms with Crippen molar-refractivity contribution in [3.8, 4) is 23.0 Å². The Morgan fingerprint density at radius 2 is 1.55 bits per heavy atom. The number of phenolic OH excluding ortho intramolecular Hbond substituents is 3. The fraction of sp³-hybridized carbons (Fsp3) is 0.510. The molecule has 4 aliphatic heterocycles. The minimum absolute atomic E-state index is 0.0533. The first kappa shape index (κ1) is 49.8. The van der Waals surface area contributed by atoms with Crippen LogP contribution in [0.15, 0.2) is 60.4 Å². The second kappa shape index (κ2) is 20.1. The third-order valence-corrected chi connectivity index (χ3v) is 13.7. The van der Waals surface area contributed by atoms with Crippen molar-refractivity contribution in [3.05, 3.63) is 82.7 Å². The van der Waals surface area contributed by atoms with Crippen molar-refractivity contribution in [1.29, 1.82) is 0 Å². The van der Waals surface area contributed by atoms with Gasteiger partial charge in [-0.05, 0) is 37.0 Å². The Hall–Kier alpha value is -5.61. The number of aliphatic hydroxyl groups excluding tert-OH is 2. The van der Waals surface area contributed by atoms with E-state index in [0.717, 1.165) is 5.56 Å². The molecule has 0 aromatic heterocycles. The topological polar surface area (TPSA) is 208 Å². The summed E-state index contributed by atoms with van der Waals surface area (Å²) in [5.41, 5.74) is 2.43. The molecule has 15 heteroatoms. The average molecular weight is 914 g/mol. The van der Waals surface area contributed by atoms with Gasteiger partial charge in [0.1, 0.15) is 34.7 Å². The molecule has 1 amide bonds. The van der Waals surface area contributed by atoms with Crippen molar-refractivity contribution in [2.24, 2.45) is 23.7 Å². The fourth-order valence-corrected chi connectivity index (χ4v) is 9.41.